The second-order valence-corrected chi connectivity index (χ2v) is 3.15. The molecule has 0 unspecified atom stereocenters. The maximum atomic E-state index is 10.8. The second-order valence-electron chi connectivity index (χ2n) is 3.15. The lowest BCUT2D eigenvalue weighted by Gasteiger charge is -2.04. The SMILES string of the molecule is Cc1cncn1-c1ccccc1[N+](=O)[O-]. The summed E-state index contributed by atoms with van der Waals surface area (Å²) in [6, 6.07) is 6.59. The predicted molar refractivity (Wildman–Crippen MR) is 55.0 cm³/mol. The first-order valence-corrected chi connectivity index (χ1v) is 4.43. The number of hydrogen-bond acceptors (Lipinski definition) is 3. The lowest BCUT2D eigenvalue weighted by molar-refractivity contribution is -0.384. The van der Waals surface area contributed by atoms with Crippen molar-refractivity contribution in [1.82, 2.24) is 9.55 Å². The summed E-state index contributed by atoms with van der Waals surface area (Å²) in [5.74, 6) is 0. The Morgan fingerprint density at radius 2 is 2.13 bits per heavy atom. The van der Waals surface area contributed by atoms with Crippen molar-refractivity contribution in [3.63, 3.8) is 0 Å². The number of benzene rings is 1. The molecule has 0 radical (unpaired) electrons. The molecule has 0 fully saturated rings. The van der Waals surface area contributed by atoms with E-state index in [9.17, 15) is 10.1 Å². The molecular weight excluding hydrogens is 194 g/mol. The van der Waals surface area contributed by atoms with Gasteiger partial charge in [0, 0.05) is 18.0 Å². The molecule has 0 atom stereocenters. The fraction of sp³-hybridized carbons (Fsp3) is 0.100. The van der Waals surface area contributed by atoms with E-state index in [1.807, 2.05) is 6.92 Å². The Morgan fingerprint density at radius 1 is 1.40 bits per heavy atom. The first-order valence-electron chi connectivity index (χ1n) is 4.43. The molecule has 2 aromatic rings. The number of nitro groups is 1. The molecule has 5 heteroatoms. The third-order valence-electron chi connectivity index (χ3n) is 2.16. The molecular formula is C10H9N3O2. The maximum absolute atomic E-state index is 10.8. The molecule has 1 heterocycles. The summed E-state index contributed by atoms with van der Waals surface area (Å²) in [7, 11) is 0. The number of aromatic nitrogens is 2. The molecule has 0 N–H and O–H groups in total. The van der Waals surface area contributed by atoms with Gasteiger partial charge in [-0.3, -0.25) is 14.7 Å². The van der Waals surface area contributed by atoms with E-state index in [2.05, 4.69) is 4.98 Å². The van der Waals surface area contributed by atoms with Crippen LogP contribution in [0, 0.1) is 17.0 Å². The quantitative estimate of drug-likeness (QED) is 0.554. The lowest BCUT2D eigenvalue weighted by atomic mass is 10.2. The lowest BCUT2D eigenvalue weighted by Crippen LogP contribution is -1.99. The Kier molecular flexibility index (Phi) is 2.21. The van der Waals surface area contributed by atoms with Gasteiger partial charge in [0.2, 0.25) is 0 Å². The minimum absolute atomic E-state index is 0.0820. The van der Waals surface area contributed by atoms with Crippen LogP contribution >= 0.6 is 0 Å². The van der Waals surface area contributed by atoms with E-state index in [0.717, 1.165) is 5.69 Å². The molecule has 0 aliphatic rings. The molecule has 1 aromatic heterocycles. The van der Waals surface area contributed by atoms with E-state index in [1.165, 1.54) is 6.07 Å². The predicted octanol–water partition coefficient (Wildman–Crippen LogP) is 2.09. The Morgan fingerprint density at radius 3 is 2.73 bits per heavy atom. The zero-order valence-corrected chi connectivity index (χ0v) is 8.12. The zero-order chi connectivity index (χ0) is 10.8. The smallest absolute Gasteiger partial charge is 0.293 e. The molecule has 0 saturated heterocycles. The number of nitro benzene ring substituents is 1. The van der Waals surface area contributed by atoms with Gasteiger partial charge < -0.3 is 0 Å². The molecule has 0 amide bonds. The van der Waals surface area contributed by atoms with Gasteiger partial charge in [-0.1, -0.05) is 12.1 Å². The van der Waals surface area contributed by atoms with E-state index >= 15 is 0 Å². The van der Waals surface area contributed by atoms with Crippen molar-refractivity contribution in [2.45, 2.75) is 6.92 Å². The topological polar surface area (TPSA) is 61.0 Å². The van der Waals surface area contributed by atoms with Gasteiger partial charge in [-0.15, -0.1) is 0 Å². The number of imidazole rings is 1. The van der Waals surface area contributed by atoms with Gasteiger partial charge in [0.15, 0.2) is 0 Å². The molecule has 2 rings (SSSR count). The molecule has 5 nitrogen and oxygen atoms in total. The van der Waals surface area contributed by atoms with Crippen LogP contribution in [-0.4, -0.2) is 14.5 Å². The van der Waals surface area contributed by atoms with Crippen molar-refractivity contribution in [1.29, 1.82) is 0 Å². The standard InChI is InChI=1S/C10H9N3O2/c1-8-6-11-7-12(8)9-4-2-3-5-10(9)13(14)15/h2-7H,1H3. The third-order valence-corrected chi connectivity index (χ3v) is 2.16. The van der Waals surface area contributed by atoms with Crippen LogP contribution in [0.3, 0.4) is 0 Å². The summed E-state index contributed by atoms with van der Waals surface area (Å²) < 4.78 is 1.69. The Bertz CT molecular complexity index is 505. The van der Waals surface area contributed by atoms with Crippen LogP contribution in [-0.2, 0) is 0 Å². The molecule has 0 saturated carbocycles. The summed E-state index contributed by atoms with van der Waals surface area (Å²) in [5.41, 5.74) is 1.49. The molecule has 76 valence electrons. The van der Waals surface area contributed by atoms with Gasteiger partial charge in [0.25, 0.3) is 5.69 Å². The van der Waals surface area contributed by atoms with Crippen LogP contribution in [0.4, 0.5) is 5.69 Å². The van der Waals surface area contributed by atoms with Crippen molar-refractivity contribution >= 4 is 5.69 Å². The summed E-state index contributed by atoms with van der Waals surface area (Å²) in [5, 5.41) is 10.8. The number of aryl methyl sites for hydroxylation is 1. The fourth-order valence-electron chi connectivity index (χ4n) is 1.44. The van der Waals surface area contributed by atoms with Gasteiger partial charge >= 0.3 is 0 Å². The second kappa shape index (κ2) is 3.53. The zero-order valence-electron chi connectivity index (χ0n) is 8.12. The van der Waals surface area contributed by atoms with Crippen molar-refractivity contribution in [2.75, 3.05) is 0 Å². The number of hydrogen-bond donors (Lipinski definition) is 0. The Labute approximate surface area is 86.1 Å². The van der Waals surface area contributed by atoms with Crippen LogP contribution in [0.1, 0.15) is 5.69 Å². The van der Waals surface area contributed by atoms with Crippen LogP contribution in [0.15, 0.2) is 36.8 Å². The van der Waals surface area contributed by atoms with Gasteiger partial charge in [-0.2, -0.15) is 0 Å². The summed E-state index contributed by atoms with van der Waals surface area (Å²) in [4.78, 5) is 14.3. The van der Waals surface area contributed by atoms with E-state index in [-0.39, 0.29) is 5.69 Å². The molecule has 0 aliphatic carbocycles. The van der Waals surface area contributed by atoms with Crippen LogP contribution < -0.4 is 0 Å². The molecule has 0 bridgehead atoms. The van der Waals surface area contributed by atoms with Crippen molar-refractivity contribution in [3.05, 3.63) is 52.6 Å². The van der Waals surface area contributed by atoms with Gasteiger partial charge in [-0.05, 0) is 13.0 Å². The van der Waals surface area contributed by atoms with E-state index < -0.39 is 4.92 Å². The number of para-hydroxylation sites is 2. The Balaban J connectivity index is 2.63. The van der Waals surface area contributed by atoms with Crippen LogP contribution in [0.5, 0.6) is 0 Å². The van der Waals surface area contributed by atoms with Crippen molar-refractivity contribution in [2.24, 2.45) is 0 Å². The van der Waals surface area contributed by atoms with Gasteiger partial charge in [0.05, 0.1) is 11.3 Å². The first-order chi connectivity index (χ1) is 7.20. The fourth-order valence-corrected chi connectivity index (χ4v) is 1.44. The minimum Gasteiger partial charge on any atom is -0.297 e. The van der Waals surface area contributed by atoms with Crippen molar-refractivity contribution < 1.29 is 4.92 Å². The molecule has 0 spiro atoms. The summed E-state index contributed by atoms with van der Waals surface area (Å²) in [6.07, 6.45) is 3.23. The van der Waals surface area contributed by atoms with Crippen LogP contribution in [0.25, 0.3) is 5.69 Å². The van der Waals surface area contributed by atoms with E-state index in [1.54, 1.807) is 35.3 Å². The first kappa shape index (κ1) is 9.39. The van der Waals surface area contributed by atoms with Crippen molar-refractivity contribution in [3.8, 4) is 5.69 Å². The monoisotopic (exact) mass is 203 g/mol. The highest BCUT2D eigenvalue weighted by Gasteiger charge is 2.14. The summed E-state index contributed by atoms with van der Waals surface area (Å²) >= 11 is 0. The third kappa shape index (κ3) is 1.59. The minimum atomic E-state index is -0.394. The van der Waals surface area contributed by atoms with Gasteiger partial charge in [-0.25, -0.2) is 4.98 Å². The maximum Gasteiger partial charge on any atom is 0.293 e. The summed E-state index contributed by atoms with van der Waals surface area (Å²) in [6.45, 7) is 1.85. The normalized spacial score (nSPS) is 10.2. The number of nitrogens with zero attached hydrogens (tertiary/aromatic N) is 3. The van der Waals surface area contributed by atoms with Crippen LogP contribution in [0.2, 0.25) is 0 Å². The number of rotatable bonds is 2. The average Bonchev–Trinajstić information content (AvgIpc) is 2.64. The highest BCUT2D eigenvalue weighted by atomic mass is 16.6. The van der Waals surface area contributed by atoms with E-state index in [0.29, 0.717) is 5.69 Å². The average molecular weight is 203 g/mol. The highest BCUT2D eigenvalue weighted by Crippen LogP contribution is 2.22. The van der Waals surface area contributed by atoms with E-state index in [4.69, 9.17) is 0 Å². The Hall–Kier alpha value is -2.17. The molecule has 0 aliphatic heterocycles. The van der Waals surface area contributed by atoms with Gasteiger partial charge in [0.1, 0.15) is 5.69 Å². The molecule has 15 heavy (non-hydrogen) atoms. The largest absolute Gasteiger partial charge is 0.297 e. The highest BCUT2D eigenvalue weighted by molar-refractivity contribution is 5.52. The molecule has 1 aromatic carbocycles.